The average Bonchev–Trinajstić information content (AvgIpc) is 3.14. The predicted molar refractivity (Wildman–Crippen MR) is 106 cm³/mol. The molecule has 1 aliphatic heterocycles. The van der Waals surface area contributed by atoms with Gasteiger partial charge in [0.05, 0.1) is 19.3 Å². The zero-order valence-electron chi connectivity index (χ0n) is 16.6. The topological polar surface area (TPSA) is 62.1 Å². The first-order chi connectivity index (χ1) is 14.2. The zero-order valence-corrected chi connectivity index (χ0v) is 16.6. The Kier molecular flexibility index (Phi) is 6.27. The summed E-state index contributed by atoms with van der Waals surface area (Å²) in [5.74, 6) is 0.947. The minimum absolute atomic E-state index is 0.116. The first kappa shape index (κ1) is 19.7. The molecule has 4 rings (SSSR count). The molecule has 2 aromatic heterocycles. The summed E-state index contributed by atoms with van der Waals surface area (Å²) in [5, 5.41) is 4.64. The molecule has 7 heteroatoms. The number of pyridine rings is 1. The van der Waals surface area contributed by atoms with Crippen molar-refractivity contribution in [2.24, 2.45) is 0 Å². The van der Waals surface area contributed by atoms with Gasteiger partial charge in [-0.25, -0.2) is 14.1 Å². The number of aromatic nitrogens is 4. The van der Waals surface area contributed by atoms with Crippen molar-refractivity contribution in [3.63, 3.8) is 0 Å². The maximum absolute atomic E-state index is 14.0. The van der Waals surface area contributed by atoms with E-state index in [1.54, 1.807) is 25.4 Å². The van der Waals surface area contributed by atoms with Gasteiger partial charge in [-0.1, -0.05) is 18.2 Å². The van der Waals surface area contributed by atoms with Crippen molar-refractivity contribution < 1.29 is 13.9 Å². The van der Waals surface area contributed by atoms with Crippen molar-refractivity contribution in [2.75, 3.05) is 6.61 Å². The minimum atomic E-state index is -0.260. The summed E-state index contributed by atoms with van der Waals surface area (Å²) in [6, 6.07) is 8.91. The second-order valence-electron chi connectivity index (χ2n) is 7.34. The van der Waals surface area contributed by atoms with Crippen LogP contribution in [0.15, 0.2) is 42.7 Å². The fourth-order valence-corrected chi connectivity index (χ4v) is 3.37. The van der Waals surface area contributed by atoms with Crippen LogP contribution < -0.4 is 0 Å². The van der Waals surface area contributed by atoms with Crippen LogP contribution in [0.4, 0.5) is 4.39 Å². The monoisotopic (exact) mass is 396 g/mol. The Hall–Kier alpha value is -2.64. The van der Waals surface area contributed by atoms with Gasteiger partial charge in [0.15, 0.2) is 11.6 Å². The van der Waals surface area contributed by atoms with E-state index in [2.05, 4.69) is 15.1 Å². The van der Waals surface area contributed by atoms with Crippen LogP contribution in [0.1, 0.15) is 36.2 Å². The standard InChI is InChI=1S/C22H25FN4O2/c1-16-7-8-18(11-20(16)23)22-25-21(15-28-14-17-5-4-9-24-12-17)27(26-22)13-19-6-2-3-10-29-19/h4-5,7-9,11-12,19H,2-3,6,10,13-15H2,1H3. The maximum atomic E-state index is 14.0. The van der Waals surface area contributed by atoms with Crippen molar-refractivity contribution >= 4 is 0 Å². The van der Waals surface area contributed by atoms with Gasteiger partial charge in [0, 0.05) is 24.6 Å². The first-order valence-electron chi connectivity index (χ1n) is 9.97. The molecule has 3 aromatic rings. The molecule has 1 aromatic carbocycles. The largest absolute Gasteiger partial charge is 0.376 e. The van der Waals surface area contributed by atoms with E-state index in [0.29, 0.717) is 42.5 Å². The van der Waals surface area contributed by atoms with E-state index in [4.69, 9.17) is 9.47 Å². The Morgan fingerprint density at radius 1 is 1.24 bits per heavy atom. The molecule has 6 nitrogen and oxygen atoms in total. The Bertz CT molecular complexity index is 939. The van der Waals surface area contributed by atoms with Crippen molar-refractivity contribution in [1.82, 2.24) is 19.7 Å². The molecule has 0 amide bonds. The number of hydrogen-bond acceptors (Lipinski definition) is 5. The predicted octanol–water partition coefficient (Wildman–Crippen LogP) is 4.07. The number of ether oxygens (including phenoxy) is 2. The van der Waals surface area contributed by atoms with E-state index >= 15 is 0 Å². The van der Waals surface area contributed by atoms with E-state index < -0.39 is 0 Å². The molecular weight excluding hydrogens is 371 g/mol. The number of benzene rings is 1. The highest BCUT2D eigenvalue weighted by atomic mass is 19.1. The highest BCUT2D eigenvalue weighted by Crippen LogP contribution is 2.21. The lowest BCUT2D eigenvalue weighted by molar-refractivity contribution is 0.00194. The first-order valence-corrected chi connectivity index (χ1v) is 9.97. The highest BCUT2D eigenvalue weighted by molar-refractivity contribution is 5.55. The van der Waals surface area contributed by atoms with Crippen molar-refractivity contribution in [3.8, 4) is 11.4 Å². The lowest BCUT2D eigenvalue weighted by atomic mass is 10.1. The van der Waals surface area contributed by atoms with E-state index in [1.807, 2.05) is 22.9 Å². The molecule has 1 aliphatic rings. The Morgan fingerprint density at radius 2 is 2.17 bits per heavy atom. The number of aryl methyl sites for hydroxylation is 1. The van der Waals surface area contributed by atoms with Crippen LogP contribution in [0.25, 0.3) is 11.4 Å². The summed E-state index contributed by atoms with van der Waals surface area (Å²) >= 11 is 0. The summed E-state index contributed by atoms with van der Waals surface area (Å²) in [6.07, 6.45) is 6.89. The molecule has 0 spiro atoms. The Balaban J connectivity index is 1.53. The molecule has 3 heterocycles. The van der Waals surface area contributed by atoms with Gasteiger partial charge in [-0.3, -0.25) is 4.98 Å². The van der Waals surface area contributed by atoms with Gasteiger partial charge in [-0.15, -0.1) is 0 Å². The number of hydrogen-bond donors (Lipinski definition) is 0. The van der Waals surface area contributed by atoms with Crippen LogP contribution >= 0.6 is 0 Å². The van der Waals surface area contributed by atoms with Crippen LogP contribution in [-0.4, -0.2) is 32.5 Å². The van der Waals surface area contributed by atoms with E-state index in [-0.39, 0.29) is 11.9 Å². The molecule has 1 unspecified atom stereocenters. The quantitative estimate of drug-likeness (QED) is 0.602. The molecule has 0 saturated carbocycles. The summed E-state index contributed by atoms with van der Waals surface area (Å²) in [7, 11) is 0. The highest BCUT2D eigenvalue weighted by Gasteiger charge is 2.19. The molecule has 0 radical (unpaired) electrons. The number of rotatable bonds is 7. The third-order valence-corrected chi connectivity index (χ3v) is 5.05. The fourth-order valence-electron chi connectivity index (χ4n) is 3.37. The van der Waals surface area contributed by atoms with Gasteiger partial charge in [0.25, 0.3) is 0 Å². The molecule has 1 atom stereocenters. The Labute approximate surface area is 169 Å². The summed E-state index contributed by atoms with van der Waals surface area (Å²) < 4.78 is 27.6. The van der Waals surface area contributed by atoms with Crippen molar-refractivity contribution in [3.05, 3.63) is 65.5 Å². The van der Waals surface area contributed by atoms with E-state index in [0.717, 1.165) is 31.4 Å². The molecular formula is C22H25FN4O2. The van der Waals surface area contributed by atoms with Crippen molar-refractivity contribution in [1.29, 1.82) is 0 Å². The van der Waals surface area contributed by atoms with Gasteiger partial charge in [0.2, 0.25) is 0 Å². The molecule has 0 aliphatic carbocycles. The summed E-state index contributed by atoms with van der Waals surface area (Å²) in [5.41, 5.74) is 2.25. The van der Waals surface area contributed by atoms with Gasteiger partial charge < -0.3 is 9.47 Å². The van der Waals surface area contributed by atoms with Crippen LogP contribution in [-0.2, 0) is 29.2 Å². The lowest BCUT2D eigenvalue weighted by Crippen LogP contribution is -2.26. The third kappa shape index (κ3) is 5.05. The maximum Gasteiger partial charge on any atom is 0.181 e. The molecule has 0 bridgehead atoms. The van der Waals surface area contributed by atoms with Crippen LogP contribution in [0, 0.1) is 12.7 Å². The molecule has 1 fully saturated rings. The van der Waals surface area contributed by atoms with Gasteiger partial charge in [-0.05, 0) is 49.4 Å². The van der Waals surface area contributed by atoms with Gasteiger partial charge >= 0.3 is 0 Å². The fraction of sp³-hybridized carbons (Fsp3) is 0.409. The van der Waals surface area contributed by atoms with Crippen molar-refractivity contribution in [2.45, 2.75) is 52.0 Å². The third-order valence-electron chi connectivity index (χ3n) is 5.05. The SMILES string of the molecule is Cc1ccc(-c2nc(COCc3cccnc3)n(CC3CCCCO3)n2)cc1F. The smallest absolute Gasteiger partial charge is 0.181 e. The minimum Gasteiger partial charge on any atom is -0.376 e. The summed E-state index contributed by atoms with van der Waals surface area (Å²) in [6.45, 7) is 3.89. The van der Waals surface area contributed by atoms with E-state index in [1.165, 1.54) is 6.07 Å². The van der Waals surface area contributed by atoms with Crippen LogP contribution in [0.3, 0.4) is 0 Å². The molecule has 152 valence electrons. The number of nitrogens with zero attached hydrogens (tertiary/aromatic N) is 4. The van der Waals surface area contributed by atoms with Gasteiger partial charge in [-0.2, -0.15) is 5.10 Å². The van der Waals surface area contributed by atoms with Gasteiger partial charge in [0.1, 0.15) is 12.4 Å². The molecule has 0 N–H and O–H groups in total. The average molecular weight is 396 g/mol. The van der Waals surface area contributed by atoms with E-state index in [9.17, 15) is 4.39 Å². The zero-order chi connectivity index (χ0) is 20.1. The molecule has 29 heavy (non-hydrogen) atoms. The second kappa shape index (κ2) is 9.24. The molecule has 1 saturated heterocycles. The van der Waals surface area contributed by atoms with Crippen LogP contribution in [0.5, 0.6) is 0 Å². The number of halogens is 1. The normalized spacial score (nSPS) is 16.8. The van der Waals surface area contributed by atoms with Crippen LogP contribution in [0.2, 0.25) is 0 Å². The lowest BCUT2D eigenvalue weighted by Gasteiger charge is -2.22. The Morgan fingerprint density at radius 3 is 2.93 bits per heavy atom. The second-order valence-corrected chi connectivity index (χ2v) is 7.34. The summed E-state index contributed by atoms with van der Waals surface area (Å²) in [4.78, 5) is 8.74.